The Morgan fingerprint density at radius 3 is 1.27 bits per heavy atom. The molecule has 0 fully saturated rings. The van der Waals surface area contributed by atoms with Gasteiger partial charge in [0.05, 0.1) is 11.0 Å². The zero-order chi connectivity index (χ0) is 49.0. The third kappa shape index (κ3) is 7.63. The molecule has 3 heterocycles. The SMILES string of the molecule is c1ccc(-c2cc(-c3ccccc3)cc(-c3ccccc3-c3ccc4c(c3)c3cc(-c5ccc6oc7cccc(-c8nc(-c9ccccc9)nc(-c9ccccc9)n8)c7c6c5)ccc3n4-c3ccccc3)c2)cc1. The summed E-state index contributed by atoms with van der Waals surface area (Å²) in [6.45, 7) is 0. The Balaban J connectivity index is 0.926. The van der Waals surface area contributed by atoms with Crippen molar-refractivity contribution < 1.29 is 4.42 Å². The molecule has 0 bridgehead atoms. The fourth-order valence-corrected chi connectivity index (χ4v) is 10.7. The molecule has 0 aliphatic carbocycles. The average molecular weight is 945 g/mol. The topological polar surface area (TPSA) is 56.7 Å². The summed E-state index contributed by atoms with van der Waals surface area (Å²) in [7, 11) is 0. The zero-order valence-electron chi connectivity index (χ0n) is 40.1. The summed E-state index contributed by atoms with van der Waals surface area (Å²) < 4.78 is 8.99. The maximum Gasteiger partial charge on any atom is 0.164 e. The van der Waals surface area contributed by atoms with Gasteiger partial charge in [-0.25, -0.2) is 15.0 Å². The van der Waals surface area contributed by atoms with Crippen molar-refractivity contribution >= 4 is 43.7 Å². The van der Waals surface area contributed by atoms with E-state index in [9.17, 15) is 0 Å². The first kappa shape index (κ1) is 42.9. The summed E-state index contributed by atoms with van der Waals surface area (Å²) in [6.07, 6.45) is 0. The Bertz CT molecular complexity index is 4280. The zero-order valence-corrected chi connectivity index (χ0v) is 40.1. The lowest BCUT2D eigenvalue weighted by molar-refractivity contribution is 0.669. The molecular formula is C69H44N4O. The molecule has 11 aromatic carbocycles. The second-order valence-electron chi connectivity index (χ2n) is 18.7. The van der Waals surface area contributed by atoms with E-state index in [0.29, 0.717) is 17.5 Å². The first-order valence-corrected chi connectivity index (χ1v) is 25.0. The lowest BCUT2D eigenvalue weighted by Crippen LogP contribution is -2.00. The van der Waals surface area contributed by atoms with E-state index in [1.165, 1.54) is 49.7 Å². The summed E-state index contributed by atoms with van der Waals surface area (Å²) in [5.74, 6) is 1.82. The molecule has 5 nitrogen and oxygen atoms in total. The molecule has 346 valence electrons. The largest absolute Gasteiger partial charge is 0.456 e. The van der Waals surface area contributed by atoms with E-state index in [4.69, 9.17) is 19.4 Å². The van der Waals surface area contributed by atoms with E-state index in [0.717, 1.165) is 72.0 Å². The monoisotopic (exact) mass is 944 g/mol. The van der Waals surface area contributed by atoms with Crippen molar-refractivity contribution in [3.05, 3.63) is 267 Å². The van der Waals surface area contributed by atoms with Crippen LogP contribution in [0.1, 0.15) is 0 Å². The highest BCUT2D eigenvalue weighted by atomic mass is 16.3. The number of furan rings is 1. The van der Waals surface area contributed by atoms with E-state index in [1.807, 2.05) is 72.8 Å². The number of hydrogen-bond acceptors (Lipinski definition) is 4. The predicted molar refractivity (Wildman–Crippen MR) is 305 cm³/mol. The Labute approximate surface area is 428 Å². The van der Waals surface area contributed by atoms with Gasteiger partial charge in [-0.05, 0) is 128 Å². The van der Waals surface area contributed by atoms with Gasteiger partial charge in [-0.1, -0.05) is 194 Å². The molecule has 14 aromatic rings. The molecule has 0 aliphatic heterocycles. The molecule has 0 saturated carbocycles. The number of fused-ring (bicyclic) bond motifs is 6. The van der Waals surface area contributed by atoms with Gasteiger partial charge in [-0.2, -0.15) is 0 Å². The van der Waals surface area contributed by atoms with Gasteiger partial charge in [0, 0.05) is 43.9 Å². The van der Waals surface area contributed by atoms with Gasteiger partial charge in [-0.3, -0.25) is 0 Å². The molecule has 0 amide bonds. The van der Waals surface area contributed by atoms with Crippen LogP contribution < -0.4 is 0 Å². The standard InChI is InChI=1S/C69H44N4O/c1-6-19-45(20-7-1)52-39-53(46-21-8-2-9-22-46)41-54(40-52)57-30-17-16-29-56(57)51-34-37-63-60(44-51)59-42-49(33-36-62(59)73(63)55-27-14-5-15-28-55)50-35-38-64-61(43-50)66-58(31-18-32-65(66)74-64)69-71-67(47-23-10-3-11-24-47)70-68(72-69)48-25-12-4-13-26-48/h1-44H. The van der Waals surface area contributed by atoms with Crippen molar-refractivity contribution in [3.63, 3.8) is 0 Å². The average Bonchev–Trinajstić information content (AvgIpc) is 4.03. The maximum atomic E-state index is 6.60. The summed E-state index contributed by atoms with van der Waals surface area (Å²) in [4.78, 5) is 15.2. The normalized spacial score (nSPS) is 11.5. The number of aromatic nitrogens is 4. The minimum atomic E-state index is 0.587. The third-order valence-corrected chi connectivity index (χ3v) is 14.2. The van der Waals surface area contributed by atoms with Crippen LogP contribution in [0.5, 0.6) is 0 Å². The van der Waals surface area contributed by atoms with Crippen LogP contribution in [0.25, 0.3) is 139 Å². The molecule has 0 spiro atoms. The Hall–Kier alpha value is -9.97. The molecule has 14 rings (SSSR count). The lowest BCUT2D eigenvalue weighted by atomic mass is 9.89. The van der Waals surface area contributed by atoms with Crippen LogP contribution in [0.15, 0.2) is 271 Å². The van der Waals surface area contributed by atoms with Crippen LogP contribution in [0.2, 0.25) is 0 Å². The summed E-state index contributed by atoms with van der Waals surface area (Å²) >= 11 is 0. The molecule has 0 saturated heterocycles. The molecule has 0 N–H and O–H groups in total. The maximum absolute atomic E-state index is 6.60. The number of rotatable bonds is 9. The van der Waals surface area contributed by atoms with Crippen molar-refractivity contribution in [1.82, 2.24) is 19.5 Å². The van der Waals surface area contributed by atoms with Gasteiger partial charge in [0.25, 0.3) is 0 Å². The van der Waals surface area contributed by atoms with Crippen molar-refractivity contribution in [3.8, 4) is 95.5 Å². The van der Waals surface area contributed by atoms with Crippen LogP contribution >= 0.6 is 0 Å². The van der Waals surface area contributed by atoms with Crippen molar-refractivity contribution in [2.24, 2.45) is 0 Å². The minimum absolute atomic E-state index is 0.587. The van der Waals surface area contributed by atoms with Crippen molar-refractivity contribution in [2.45, 2.75) is 0 Å². The highest BCUT2D eigenvalue weighted by Gasteiger charge is 2.21. The van der Waals surface area contributed by atoms with Gasteiger partial charge < -0.3 is 8.98 Å². The second-order valence-corrected chi connectivity index (χ2v) is 18.7. The van der Waals surface area contributed by atoms with Gasteiger partial charge in [-0.15, -0.1) is 0 Å². The Kier molecular flexibility index (Phi) is 10.4. The number of benzene rings is 11. The fourth-order valence-electron chi connectivity index (χ4n) is 10.7. The van der Waals surface area contributed by atoms with E-state index >= 15 is 0 Å². The molecule has 3 aromatic heterocycles. The summed E-state index contributed by atoms with van der Waals surface area (Å²) in [5, 5.41) is 4.30. The van der Waals surface area contributed by atoms with Crippen molar-refractivity contribution in [1.29, 1.82) is 0 Å². The second kappa shape index (κ2) is 18.0. The minimum Gasteiger partial charge on any atom is -0.456 e. The molecule has 5 heteroatoms. The number of para-hydroxylation sites is 1. The van der Waals surface area contributed by atoms with Gasteiger partial charge >= 0.3 is 0 Å². The molecule has 0 aliphatic rings. The van der Waals surface area contributed by atoms with Gasteiger partial charge in [0.2, 0.25) is 0 Å². The number of hydrogen-bond donors (Lipinski definition) is 0. The molecule has 74 heavy (non-hydrogen) atoms. The fraction of sp³-hybridized carbons (Fsp3) is 0. The Morgan fingerprint density at radius 1 is 0.257 bits per heavy atom. The van der Waals surface area contributed by atoms with E-state index in [-0.39, 0.29) is 0 Å². The predicted octanol–water partition coefficient (Wildman–Crippen LogP) is 18.2. The lowest BCUT2D eigenvalue weighted by Gasteiger charge is -2.15. The highest BCUT2D eigenvalue weighted by molar-refractivity contribution is 6.14. The molecule has 0 atom stereocenters. The van der Waals surface area contributed by atoms with Gasteiger partial charge in [0.1, 0.15) is 11.2 Å². The number of nitrogens with zero attached hydrogens (tertiary/aromatic N) is 4. The highest BCUT2D eigenvalue weighted by Crippen LogP contribution is 2.43. The van der Waals surface area contributed by atoms with Crippen LogP contribution in [-0.2, 0) is 0 Å². The van der Waals surface area contributed by atoms with Crippen molar-refractivity contribution in [2.75, 3.05) is 0 Å². The summed E-state index contributed by atoms with van der Waals surface area (Å²) in [5.41, 5.74) is 19.3. The van der Waals surface area contributed by atoms with Crippen LogP contribution in [-0.4, -0.2) is 19.5 Å². The summed E-state index contributed by atoms with van der Waals surface area (Å²) in [6, 6.07) is 94.5. The first-order chi connectivity index (χ1) is 36.7. The molecule has 0 radical (unpaired) electrons. The quantitative estimate of drug-likeness (QED) is 0.145. The molecule has 0 unspecified atom stereocenters. The molecular weight excluding hydrogens is 901 g/mol. The van der Waals surface area contributed by atoms with E-state index in [2.05, 4.69) is 199 Å². The first-order valence-electron chi connectivity index (χ1n) is 25.0. The van der Waals surface area contributed by atoms with Crippen LogP contribution in [0, 0.1) is 0 Å². The van der Waals surface area contributed by atoms with Gasteiger partial charge in [0.15, 0.2) is 17.5 Å². The smallest absolute Gasteiger partial charge is 0.164 e. The van der Waals surface area contributed by atoms with Crippen LogP contribution in [0.3, 0.4) is 0 Å². The van der Waals surface area contributed by atoms with Crippen LogP contribution in [0.4, 0.5) is 0 Å². The van der Waals surface area contributed by atoms with E-state index in [1.54, 1.807) is 0 Å². The Morgan fingerprint density at radius 2 is 0.689 bits per heavy atom. The third-order valence-electron chi connectivity index (χ3n) is 14.2. The van der Waals surface area contributed by atoms with E-state index < -0.39 is 0 Å².